The number of primary amides is 1. The van der Waals surface area contributed by atoms with Crippen molar-refractivity contribution in [2.75, 3.05) is 12.8 Å². The number of nitrogens with two attached hydrogens (primary N) is 1. The molecule has 17 heavy (non-hydrogen) atoms. The number of hydrogen-bond acceptors (Lipinski definition) is 4. The molecule has 0 heterocycles. The second kappa shape index (κ2) is 4.94. The molecule has 1 saturated carbocycles. The van der Waals surface area contributed by atoms with Gasteiger partial charge in [0.1, 0.15) is 5.54 Å². The van der Waals surface area contributed by atoms with E-state index in [4.69, 9.17) is 5.73 Å². The maximum atomic E-state index is 11.8. The lowest BCUT2D eigenvalue weighted by molar-refractivity contribution is -0.124. The van der Waals surface area contributed by atoms with Gasteiger partial charge in [-0.2, -0.15) is 0 Å². The van der Waals surface area contributed by atoms with Crippen molar-refractivity contribution >= 4 is 15.7 Å². The number of sulfone groups is 1. The van der Waals surface area contributed by atoms with Gasteiger partial charge in [0.2, 0.25) is 5.91 Å². The Bertz CT molecular complexity index is 392. The van der Waals surface area contributed by atoms with E-state index in [1.807, 2.05) is 13.8 Å². The average Bonchev–Trinajstić information content (AvgIpc) is 2.58. The quantitative estimate of drug-likeness (QED) is 0.733. The van der Waals surface area contributed by atoms with Gasteiger partial charge in [-0.25, -0.2) is 8.42 Å². The molecular weight excluding hydrogens is 240 g/mol. The van der Waals surface area contributed by atoms with Gasteiger partial charge in [-0.3, -0.25) is 4.79 Å². The predicted octanol–water partition coefficient (Wildman–Crippen LogP) is 0.0532. The zero-order chi connectivity index (χ0) is 13.3. The number of carbonyl (C=O) groups is 1. The van der Waals surface area contributed by atoms with Gasteiger partial charge in [-0.1, -0.05) is 13.8 Å². The molecule has 0 aliphatic heterocycles. The van der Waals surface area contributed by atoms with Crippen molar-refractivity contribution in [1.29, 1.82) is 0 Å². The molecule has 0 aromatic carbocycles. The third-order valence-electron chi connectivity index (χ3n) is 3.37. The summed E-state index contributed by atoms with van der Waals surface area (Å²) in [5.74, 6) is -0.210. The highest BCUT2D eigenvalue weighted by Gasteiger charge is 2.52. The molecule has 1 amide bonds. The van der Waals surface area contributed by atoms with Crippen molar-refractivity contribution in [2.24, 2.45) is 11.7 Å². The van der Waals surface area contributed by atoms with Crippen molar-refractivity contribution in [3.05, 3.63) is 0 Å². The summed E-state index contributed by atoms with van der Waals surface area (Å²) in [6, 6.07) is 0. The number of rotatable bonds is 5. The number of nitrogens with one attached hydrogen (secondary N) is 1. The molecule has 2 unspecified atom stereocenters. The largest absolute Gasteiger partial charge is 0.368 e. The van der Waals surface area contributed by atoms with Crippen molar-refractivity contribution in [3.63, 3.8) is 0 Å². The molecule has 0 saturated heterocycles. The normalized spacial score (nSPS) is 29.8. The summed E-state index contributed by atoms with van der Waals surface area (Å²) in [5, 5.41) is 2.41. The van der Waals surface area contributed by atoms with Crippen LogP contribution in [0.15, 0.2) is 0 Å². The number of amides is 1. The van der Waals surface area contributed by atoms with Crippen LogP contribution in [0, 0.1) is 5.92 Å². The maximum Gasteiger partial charge on any atom is 0.239 e. The van der Waals surface area contributed by atoms with E-state index in [-0.39, 0.29) is 0 Å². The Morgan fingerprint density at radius 3 is 2.53 bits per heavy atom. The molecule has 0 aromatic heterocycles. The van der Waals surface area contributed by atoms with Crippen LogP contribution in [0.1, 0.15) is 33.1 Å². The van der Waals surface area contributed by atoms with E-state index in [1.165, 1.54) is 6.26 Å². The summed E-state index contributed by atoms with van der Waals surface area (Å²) in [5.41, 5.74) is 4.37. The Labute approximate surface area is 103 Å². The van der Waals surface area contributed by atoms with Crippen LogP contribution in [-0.4, -0.2) is 37.9 Å². The highest BCUT2D eigenvalue weighted by Crippen LogP contribution is 2.34. The molecule has 3 N–H and O–H groups in total. The van der Waals surface area contributed by atoms with Crippen LogP contribution < -0.4 is 11.1 Å². The monoisotopic (exact) mass is 262 g/mol. The first-order chi connectivity index (χ1) is 7.70. The Morgan fingerprint density at radius 1 is 1.53 bits per heavy atom. The number of hydrogen-bond donors (Lipinski definition) is 2. The van der Waals surface area contributed by atoms with E-state index in [9.17, 15) is 13.2 Å². The SMILES string of the molecule is CC(C)CNC1(C(N)=O)CCCC1S(C)(=O)=O. The average molecular weight is 262 g/mol. The summed E-state index contributed by atoms with van der Waals surface area (Å²) < 4.78 is 23.5. The van der Waals surface area contributed by atoms with Crippen LogP contribution in [0.5, 0.6) is 0 Å². The zero-order valence-corrected chi connectivity index (χ0v) is 11.5. The molecule has 100 valence electrons. The Morgan fingerprint density at radius 2 is 2.12 bits per heavy atom. The van der Waals surface area contributed by atoms with E-state index in [0.29, 0.717) is 31.7 Å². The maximum absolute atomic E-state index is 11.8. The van der Waals surface area contributed by atoms with Gasteiger partial charge in [0, 0.05) is 6.26 Å². The molecule has 1 aliphatic carbocycles. The second-order valence-corrected chi connectivity index (χ2v) is 7.55. The van der Waals surface area contributed by atoms with E-state index < -0.39 is 26.5 Å². The fourth-order valence-electron chi connectivity index (χ4n) is 2.51. The minimum Gasteiger partial charge on any atom is -0.368 e. The Hall–Kier alpha value is -0.620. The van der Waals surface area contributed by atoms with Gasteiger partial charge in [0.15, 0.2) is 9.84 Å². The number of carbonyl (C=O) groups excluding carboxylic acids is 1. The van der Waals surface area contributed by atoms with Gasteiger partial charge in [0.25, 0.3) is 0 Å². The minimum absolute atomic E-state index is 0.340. The molecule has 5 nitrogen and oxygen atoms in total. The fourth-order valence-corrected chi connectivity index (χ4v) is 4.15. The third-order valence-corrected chi connectivity index (χ3v) is 5.04. The molecule has 0 aromatic rings. The van der Waals surface area contributed by atoms with Crippen molar-refractivity contribution in [2.45, 2.75) is 43.9 Å². The zero-order valence-electron chi connectivity index (χ0n) is 10.7. The highest BCUT2D eigenvalue weighted by atomic mass is 32.2. The van der Waals surface area contributed by atoms with E-state index in [2.05, 4.69) is 5.32 Å². The van der Waals surface area contributed by atoms with Gasteiger partial charge in [0.05, 0.1) is 5.25 Å². The topological polar surface area (TPSA) is 89.3 Å². The molecule has 0 spiro atoms. The molecular formula is C11H22N2O3S. The molecule has 1 aliphatic rings. The predicted molar refractivity (Wildman–Crippen MR) is 67.2 cm³/mol. The van der Waals surface area contributed by atoms with Gasteiger partial charge < -0.3 is 11.1 Å². The summed E-state index contributed by atoms with van der Waals surface area (Å²) in [6.07, 6.45) is 2.91. The lowest BCUT2D eigenvalue weighted by atomic mass is 9.95. The molecule has 1 rings (SSSR count). The van der Waals surface area contributed by atoms with Crippen LogP contribution in [-0.2, 0) is 14.6 Å². The Kier molecular flexibility index (Phi) is 4.19. The minimum atomic E-state index is -3.27. The molecule has 6 heteroatoms. The third kappa shape index (κ3) is 2.98. The van der Waals surface area contributed by atoms with Crippen molar-refractivity contribution in [3.8, 4) is 0 Å². The van der Waals surface area contributed by atoms with E-state index in [1.54, 1.807) is 0 Å². The standard InChI is InChI=1S/C11H22N2O3S/c1-8(2)7-13-11(10(12)14)6-4-5-9(11)17(3,15)16/h8-9,13H,4-7H2,1-3H3,(H2,12,14). The van der Waals surface area contributed by atoms with Crippen LogP contribution in [0.2, 0.25) is 0 Å². The molecule has 0 radical (unpaired) electrons. The molecule has 1 fully saturated rings. The van der Waals surface area contributed by atoms with Crippen LogP contribution in [0.4, 0.5) is 0 Å². The summed E-state index contributed by atoms with van der Waals surface area (Å²) in [6.45, 7) is 4.60. The smallest absolute Gasteiger partial charge is 0.239 e. The summed E-state index contributed by atoms with van der Waals surface area (Å²) >= 11 is 0. The second-order valence-electron chi connectivity index (χ2n) is 5.32. The van der Waals surface area contributed by atoms with Crippen LogP contribution >= 0.6 is 0 Å². The summed E-state index contributed by atoms with van der Waals surface area (Å²) in [7, 11) is -3.27. The van der Waals surface area contributed by atoms with Gasteiger partial charge in [-0.15, -0.1) is 0 Å². The summed E-state index contributed by atoms with van der Waals surface area (Å²) in [4.78, 5) is 11.7. The van der Waals surface area contributed by atoms with E-state index in [0.717, 1.165) is 0 Å². The Balaban J connectivity index is 3.02. The van der Waals surface area contributed by atoms with Crippen LogP contribution in [0.25, 0.3) is 0 Å². The lowest BCUT2D eigenvalue weighted by Crippen LogP contribution is -2.62. The fraction of sp³-hybridized carbons (Fsp3) is 0.909. The van der Waals surface area contributed by atoms with E-state index >= 15 is 0 Å². The first-order valence-corrected chi connectivity index (χ1v) is 7.89. The molecule has 0 bridgehead atoms. The highest BCUT2D eigenvalue weighted by molar-refractivity contribution is 7.91. The van der Waals surface area contributed by atoms with Gasteiger partial charge >= 0.3 is 0 Å². The first kappa shape index (κ1) is 14.4. The van der Waals surface area contributed by atoms with Crippen molar-refractivity contribution in [1.82, 2.24) is 5.32 Å². The van der Waals surface area contributed by atoms with Crippen molar-refractivity contribution < 1.29 is 13.2 Å². The molecule has 2 atom stereocenters. The van der Waals surface area contributed by atoms with Gasteiger partial charge in [-0.05, 0) is 31.7 Å². The first-order valence-electron chi connectivity index (χ1n) is 5.94. The lowest BCUT2D eigenvalue weighted by Gasteiger charge is -2.33. The van der Waals surface area contributed by atoms with Crippen LogP contribution in [0.3, 0.4) is 0 Å².